The summed E-state index contributed by atoms with van der Waals surface area (Å²) in [5, 5.41) is 8.43. The SMILES string of the molecule is COc1ccc(OCc2c(C)cccc2-n2nnn(C)c2=O)cc1-c1ccc(Cl)cc1. The van der Waals surface area contributed by atoms with Crippen LogP contribution in [0.5, 0.6) is 11.5 Å². The molecular formula is C23H21ClN4O3. The van der Waals surface area contributed by atoms with E-state index in [-0.39, 0.29) is 12.3 Å². The molecule has 0 unspecified atom stereocenters. The zero-order valence-corrected chi connectivity index (χ0v) is 18.1. The third-order valence-corrected chi connectivity index (χ3v) is 5.30. The van der Waals surface area contributed by atoms with E-state index >= 15 is 0 Å². The van der Waals surface area contributed by atoms with Crippen LogP contribution in [0.3, 0.4) is 0 Å². The fourth-order valence-electron chi connectivity index (χ4n) is 3.33. The Balaban J connectivity index is 1.66. The smallest absolute Gasteiger partial charge is 0.368 e. The average molecular weight is 437 g/mol. The van der Waals surface area contributed by atoms with Crippen molar-refractivity contribution in [2.45, 2.75) is 13.5 Å². The number of rotatable bonds is 6. The van der Waals surface area contributed by atoms with Crippen LogP contribution in [0, 0.1) is 6.92 Å². The molecule has 0 aliphatic heterocycles. The number of ether oxygens (including phenoxy) is 2. The first kappa shape index (κ1) is 20.7. The van der Waals surface area contributed by atoms with Crippen LogP contribution in [-0.2, 0) is 13.7 Å². The van der Waals surface area contributed by atoms with Gasteiger partial charge in [0.15, 0.2) is 0 Å². The molecule has 0 saturated heterocycles. The zero-order chi connectivity index (χ0) is 22.0. The van der Waals surface area contributed by atoms with E-state index in [2.05, 4.69) is 10.4 Å². The molecule has 31 heavy (non-hydrogen) atoms. The van der Waals surface area contributed by atoms with Gasteiger partial charge in [0.05, 0.1) is 12.8 Å². The number of hydrogen-bond acceptors (Lipinski definition) is 5. The van der Waals surface area contributed by atoms with Crippen LogP contribution in [0.25, 0.3) is 16.8 Å². The van der Waals surface area contributed by atoms with Crippen LogP contribution in [0.1, 0.15) is 11.1 Å². The predicted molar refractivity (Wildman–Crippen MR) is 119 cm³/mol. The first-order chi connectivity index (χ1) is 15.0. The molecule has 158 valence electrons. The maximum atomic E-state index is 12.3. The van der Waals surface area contributed by atoms with Gasteiger partial charge in [0.2, 0.25) is 0 Å². The quantitative estimate of drug-likeness (QED) is 0.453. The highest BCUT2D eigenvalue weighted by molar-refractivity contribution is 6.30. The second-order valence-electron chi connectivity index (χ2n) is 7.03. The van der Waals surface area contributed by atoms with Gasteiger partial charge in [0.25, 0.3) is 0 Å². The minimum absolute atomic E-state index is 0.261. The molecule has 0 fully saturated rings. The van der Waals surface area contributed by atoms with Crippen LogP contribution in [0.15, 0.2) is 65.5 Å². The Morgan fingerprint density at radius 2 is 1.81 bits per heavy atom. The van der Waals surface area contributed by atoms with Crippen molar-refractivity contribution < 1.29 is 9.47 Å². The Labute approximate surface area is 184 Å². The van der Waals surface area contributed by atoms with Gasteiger partial charge in [0, 0.05) is 23.2 Å². The van der Waals surface area contributed by atoms with Crippen molar-refractivity contribution in [3.63, 3.8) is 0 Å². The summed E-state index contributed by atoms with van der Waals surface area (Å²) in [6.45, 7) is 2.23. The number of methoxy groups -OCH3 is 1. The van der Waals surface area contributed by atoms with E-state index in [1.807, 2.05) is 67.6 Å². The van der Waals surface area contributed by atoms with Crippen LogP contribution in [0.4, 0.5) is 0 Å². The number of hydrogen-bond donors (Lipinski definition) is 0. The molecule has 0 radical (unpaired) electrons. The van der Waals surface area contributed by atoms with E-state index in [9.17, 15) is 4.79 Å². The number of nitrogens with zero attached hydrogens (tertiary/aromatic N) is 4. The molecule has 0 bridgehead atoms. The minimum atomic E-state index is -0.318. The van der Waals surface area contributed by atoms with E-state index in [4.69, 9.17) is 21.1 Å². The monoisotopic (exact) mass is 436 g/mol. The Morgan fingerprint density at radius 1 is 1.03 bits per heavy atom. The molecule has 0 spiro atoms. The number of benzene rings is 3. The molecule has 3 aromatic carbocycles. The normalized spacial score (nSPS) is 10.8. The van der Waals surface area contributed by atoms with Gasteiger partial charge < -0.3 is 9.47 Å². The van der Waals surface area contributed by atoms with Crippen molar-refractivity contribution in [1.82, 2.24) is 19.8 Å². The van der Waals surface area contributed by atoms with Crippen molar-refractivity contribution in [3.8, 4) is 28.3 Å². The van der Waals surface area contributed by atoms with Gasteiger partial charge in [-0.15, -0.1) is 0 Å². The van der Waals surface area contributed by atoms with Crippen LogP contribution in [-0.4, -0.2) is 26.9 Å². The van der Waals surface area contributed by atoms with Crippen LogP contribution in [0.2, 0.25) is 5.02 Å². The molecule has 0 atom stereocenters. The zero-order valence-electron chi connectivity index (χ0n) is 17.4. The lowest BCUT2D eigenvalue weighted by atomic mass is 10.0. The number of tetrazole rings is 1. The van der Waals surface area contributed by atoms with Gasteiger partial charge in [-0.25, -0.2) is 4.79 Å². The number of aromatic nitrogens is 4. The molecule has 0 aliphatic rings. The minimum Gasteiger partial charge on any atom is -0.496 e. The topological polar surface area (TPSA) is 71.2 Å². The second-order valence-corrected chi connectivity index (χ2v) is 7.46. The van der Waals surface area contributed by atoms with Gasteiger partial charge in [-0.1, -0.05) is 35.9 Å². The summed E-state index contributed by atoms with van der Waals surface area (Å²) in [5.41, 5.74) is 4.03. The predicted octanol–water partition coefficient (Wildman–Crippen LogP) is 4.18. The van der Waals surface area contributed by atoms with E-state index < -0.39 is 0 Å². The highest BCUT2D eigenvalue weighted by atomic mass is 35.5. The van der Waals surface area contributed by atoms with Crippen molar-refractivity contribution in [2.75, 3.05) is 7.11 Å². The van der Waals surface area contributed by atoms with Crippen molar-refractivity contribution in [2.24, 2.45) is 7.05 Å². The number of halogens is 1. The molecule has 7 nitrogen and oxygen atoms in total. The lowest BCUT2D eigenvalue weighted by molar-refractivity contribution is 0.304. The molecule has 0 aliphatic carbocycles. The highest BCUT2D eigenvalue weighted by Crippen LogP contribution is 2.34. The Kier molecular flexibility index (Phi) is 5.77. The second kappa shape index (κ2) is 8.65. The van der Waals surface area contributed by atoms with Crippen molar-refractivity contribution in [3.05, 3.63) is 87.3 Å². The fraction of sp³-hybridized carbons (Fsp3) is 0.174. The fourth-order valence-corrected chi connectivity index (χ4v) is 3.45. The summed E-state index contributed by atoms with van der Waals surface area (Å²) in [7, 11) is 3.20. The van der Waals surface area contributed by atoms with Gasteiger partial charge in [0.1, 0.15) is 18.1 Å². The summed E-state index contributed by atoms with van der Waals surface area (Å²) in [5.74, 6) is 1.41. The summed E-state index contributed by atoms with van der Waals surface area (Å²) < 4.78 is 14.1. The Morgan fingerprint density at radius 3 is 2.48 bits per heavy atom. The largest absolute Gasteiger partial charge is 0.496 e. The van der Waals surface area contributed by atoms with Crippen molar-refractivity contribution >= 4 is 11.6 Å². The third kappa shape index (κ3) is 4.18. The van der Waals surface area contributed by atoms with Gasteiger partial charge in [-0.3, -0.25) is 0 Å². The number of aryl methyl sites for hydroxylation is 2. The maximum absolute atomic E-state index is 12.3. The van der Waals surface area contributed by atoms with Gasteiger partial charge >= 0.3 is 5.69 Å². The summed E-state index contributed by atoms with van der Waals surface area (Å²) in [6.07, 6.45) is 0. The van der Waals surface area contributed by atoms with Crippen LogP contribution >= 0.6 is 11.6 Å². The average Bonchev–Trinajstić information content (AvgIpc) is 3.11. The molecule has 8 heteroatoms. The molecule has 1 heterocycles. The molecular weight excluding hydrogens is 416 g/mol. The third-order valence-electron chi connectivity index (χ3n) is 5.04. The molecule has 4 aromatic rings. The van der Waals surface area contributed by atoms with Crippen LogP contribution < -0.4 is 15.2 Å². The first-order valence-corrected chi connectivity index (χ1v) is 10.0. The van der Waals surface area contributed by atoms with Gasteiger partial charge in [-0.05, 0) is 64.9 Å². The molecule has 0 saturated carbocycles. The lowest BCUT2D eigenvalue weighted by Gasteiger charge is -2.15. The Hall–Kier alpha value is -3.58. The van der Waals surface area contributed by atoms with Gasteiger partial charge in [-0.2, -0.15) is 9.36 Å². The summed E-state index contributed by atoms with van der Waals surface area (Å²) in [6, 6.07) is 18.9. The summed E-state index contributed by atoms with van der Waals surface area (Å²) in [4.78, 5) is 12.3. The molecule has 0 amide bonds. The standard InChI is InChI=1S/C23H21ClN4O3/c1-15-5-4-6-21(28-23(29)27(2)25-26-28)20(15)14-31-18-11-12-22(30-3)19(13-18)16-7-9-17(24)10-8-16/h4-13H,14H2,1-3H3. The molecule has 0 N–H and O–H groups in total. The molecule has 4 rings (SSSR count). The van der Waals surface area contributed by atoms with E-state index in [1.54, 1.807) is 14.2 Å². The first-order valence-electron chi connectivity index (χ1n) is 9.62. The highest BCUT2D eigenvalue weighted by Gasteiger charge is 2.14. The Bertz CT molecular complexity index is 1280. The maximum Gasteiger partial charge on any atom is 0.368 e. The molecule has 1 aromatic heterocycles. The van der Waals surface area contributed by atoms with E-state index in [0.717, 1.165) is 28.0 Å². The lowest BCUT2D eigenvalue weighted by Crippen LogP contribution is -2.23. The van der Waals surface area contributed by atoms with Crippen molar-refractivity contribution in [1.29, 1.82) is 0 Å². The summed E-state index contributed by atoms with van der Waals surface area (Å²) >= 11 is 6.02. The van der Waals surface area contributed by atoms with E-state index in [1.165, 1.54) is 9.36 Å². The van der Waals surface area contributed by atoms with E-state index in [0.29, 0.717) is 16.5 Å².